The van der Waals surface area contributed by atoms with Gasteiger partial charge in [-0.3, -0.25) is 0 Å². The van der Waals surface area contributed by atoms with Crippen LogP contribution in [-0.2, 0) is 4.74 Å². The van der Waals surface area contributed by atoms with Crippen molar-refractivity contribution in [2.75, 3.05) is 20.8 Å². The van der Waals surface area contributed by atoms with Crippen LogP contribution in [0.15, 0.2) is 22.7 Å². The van der Waals surface area contributed by atoms with E-state index in [1.807, 2.05) is 25.2 Å². The lowest BCUT2D eigenvalue weighted by molar-refractivity contribution is 0.170. The Morgan fingerprint density at radius 3 is 2.86 bits per heavy atom. The minimum Gasteiger partial charge on any atom is -0.383 e. The van der Waals surface area contributed by atoms with Crippen molar-refractivity contribution >= 4 is 27.5 Å². The molecule has 0 aliphatic rings. The number of halogens is 2. The number of ether oxygens (including phenoxy) is 1. The summed E-state index contributed by atoms with van der Waals surface area (Å²) in [6.07, 6.45) is 0. The standard InChI is InChI=1S/C10H13BrClNO/c1-13-10(6-14-2)8-5-7(11)3-4-9(8)12/h3-5,10,13H,6H2,1-2H3. The van der Waals surface area contributed by atoms with Gasteiger partial charge in [0.25, 0.3) is 0 Å². The molecule has 14 heavy (non-hydrogen) atoms. The number of methoxy groups -OCH3 is 1. The van der Waals surface area contributed by atoms with E-state index in [1.165, 1.54) is 0 Å². The van der Waals surface area contributed by atoms with Crippen LogP contribution < -0.4 is 5.32 Å². The van der Waals surface area contributed by atoms with Gasteiger partial charge >= 0.3 is 0 Å². The molecular formula is C10H13BrClNO. The maximum atomic E-state index is 6.09. The number of nitrogens with one attached hydrogen (secondary N) is 1. The molecule has 1 N–H and O–H groups in total. The van der Waals surface area contributed by atoms with E-state index >= 15 is 0 Å². The van der Waals surface area contributed by atoms with Crippen LogP contribution in [0.3, 0.4) is 0 Å². The Bertz CT molecular complexity index is 306. The number of likely N-dealkylation sites (N-methyl/N-ethyl adjacent to an activating group) is 1. The van der Waals surface area contributed by atoms with E-state index in [9.17, 15) is 0 Å². The zero-order valence-electron chi connectivity index (χ0n) is 8.18. The van der Waals surface area contributed by atoms with Crippen molar-refractivity contribution in [3.63, 3.8) is 0 Å². The van der Waals surface area contributed by atoms with Crippen LogP contribution in [0.2, 0.25) is 5.02 Å². The van der Waals surface area contributed by atoms with Gasteiger partial charge in [-0.1, -0.05) is 27.5 Å². The summed E-state index contributed by atoms with van der Waals surface area (Å²) in [5.41, 5.74) is 1.05. The second-order valence-corrected chi connectivity index (χ2v) is 4.29. The van der Waals surface area contributed by atoms with Gasteiger partial charge in [0.1, 0.15) is 0 Å². The summed E-state index contributed by atoms with van der Waals surface area (Å²) >= 11 is 9.51. The zero-order chi connectivity index (χ0) is 10.6. The fourth-order valence-corrected chi connectivity index (χ4v) is 1.90. The van der Waals surface area contributed by atoms with E-state index < -0.39 is 0 Å². The first-order valence-electron chi connectivity index (χ1n) is 4.30. The highest BCUT2D eigenvalue weighted by atomic mass is 79.9. The van der Waals surface area contributed by atoms with Gasteiger partial charge in [0.05, 0.1) is 12.6 Å². The molecule has 0 spiro atoms. The van der Waals surface area contributed by atoms with Gasteiger partial charge in [-0.15, -0.1) is 0 Å². The molecule has 0 radical (unpaired) electrons. The number of rotatable bonds is 4. The number of benzene rings is 1. The van der Waals surface area contributed by atoms with Crippen molar-refractivity contribution in [3.05, 3.63) is 33.3 Å². The maximum absolute atomic E-state index is 6.09. The van der Waals surface area contributed by atoms with Crippen LogP contribution in [0.25, 0.3) is 0 Å². The number of hydrogen-bond donors (Lipinski definition) is 1. The lowest BCUT2D eigenvalue weighted by Crippen LogP contribution is -2.21. The molecule has 78 valence electrons. The Morgan fingerprint density at radius 2 is 2.29 bits per heavy atom. The third-order valence-electron chi connectivity index (χ3n) is 2.02. The predicted molar refractivity (Wildman–Crippen MR) is 62.8 cm³/mol. The van der Waals surface area contributed by atoms with Crippen LogP contribution >= 0.6 is 27.5 Å². The molecular weight excluding hydrogens is 265 g/mol. The molecule has 0 heterocycles. The molecule has 1 aromatic carbocycles. The first-order chi connectivity index (χ1) is 6.69. The van der Waals surface area contributed by atoms with Gasteiger partial charge in [0.2, 0.25) is 0 Å². The fraction of sp³-hybridized carbons (Fsp3) is 0.400. The molecule has 0 saturated carbocycles. The summed E-state index contributed by atoms with van der Waals surface area (Å²) in [7, 11) is 3.57. The van der Waals surface area contributed by atoms with Crippen molar-refractivity contribution in [1.82, 2.24) is 5.32 Å². The average Bonchev–Trinajstić information content (AvgIpc) is 2.18. The van der Waals surface area contributed by atoms with Gasteiger partial charge < -0.3 is 10.1 Å². The number of hydrogen-bond acceptors (Lipinski definition) is 2. The first-order valence-corrected chi connectivity index (χ1v) is 5.47. The van der Waals surface area contributed by atoms with Crippen LogP contribution in [0.1, 0.15) is 11.6 Å². The van der Waals surface area contributed by atoms with Crippen molar-refractivity contribution < 1.29 is 4.74 Å². The van der Waals surface area contributed by atoms with Crippen LogP contribution in [0.4, 0.5) is 0 Å². The Morgan fingerprint density at radius 1 is 1.57 bits per heavy atom. The zero-order valence-corrected chi connectivity index (χ0v) is 10.5. The van der Waals surface area contributed by atoms with Gasteiger partial charge in [-0.25, -0.2) is 0 Å². The normalized spacial score (nSPS) is 12.9. The highest BCUT2D eigenvalue weighted by molar-refractivity contribution is 9.10. The van der Waals surface area contributed by atoms with Crippen molar-refractivity contribution in [2.45, 2.75) is 6.04 Å². The molecule has 4 heteroatoms. The molecule has 0 saturated heterocycles. The van der Waals surface area contributed by atoms with Gasteiger partial charge in [0.15, 0.2) is 0 Å². The average molecular weight is 279 g/mol. The Hall–Kier alpha value is -0.0900. The van der Waals surface area contributed by atoms with Crippen molar-refractivity contribution in [3.8, 4) is 0 Å². The van der Waals surface area contributed by atoms with Gasteiger partial charge in [0, 0.05) is 16.6 Å². The second kappa shape index (κ2) is 5.71. The second-order valence-electron chi connectivity index (χ2n) is 2.96. The molecule has 0 aliphatic heterocycles. The predicted octanol–water partition coefficient (Wildman–Crippen LogP) is 3.01. The maximum Gasteiger partial charge on any atom is 0.0658 e. The summed E-state index contributed by atoms with van der Waals surface area (Å²) in [5, 5.41) is 3.91. The SMILES string of the molecule is CNC(COC)c1cc(Br)ccc1Cl. The minimum absolute atomic E-state index is 0.130. The molecule has 1 aromatic rings. The lowest BCUT2D eigenvalue weighted by atomic mass is 10.1. The highest BCUT2D eigenvalue weighted by Crippen LogP contribution is 2.26. The van der Waals surface area contributed by atoms with Crippen molar-refractivity contribution in [2.24, 2.45) is 0 Å². The summed E-state index contributed by atoms with van der Waals surface area (Å²) in [5.74, 6) is 0. The minimum atomic E-state index is 0.130. The monoisotopic (exact) mass is 277 g/mol. The van der Waals surface area contributed by atoms with E-state index in [-0.39, 0.29) is 6.04 Å². The molecule has 1 unspecified atom stereocenters. The molecule has 0 aromatic heterocycles. The van der Waals surface area contributed by atoms with E-state index in [0.717, 1.165) is 15.1 Å². The molecule has 2 nitrogen and oxygen atoms in total. The third kappa shape index (κ3) is 2.95. The summed E-state index contributed by atoms with van der Waals surface area (Å²) < 4.78 is 6.13. The lowest BCUT2D eigenvalue weighted by Gasteiger charge is -2.17. The van der Waals surface area contributed by atoms with Crippen LogP contribution in [0.5, 0.6) is 0 Å². The molecule has 0 aliphatic carbocycles. The largest absolute Gasteiger partial charge is 0.383 e. The van der Waals surface area contributed by atoms with Crippen LogP contribution in [0, 0.1) is 0 Å². The Balaban J connectivity index is 2.96. The summed E-state index contributed by atoms with van der Waals surface area (Å²) in [6, 6.07) is 5.93. The molecule has 0 fully saturated rings. The molecule has 0 bridgehead atoms. The van der Waals surface area contributed by atoms with E-state index in [0.29, 0.717) is 6.61 Å². The Kier molecular flexibility index (Phi) is 4.89. The molecule has 1 rings (SSSR count). The molecule has 1 atom stereocenters. The highest BCUT2D eigenvalue weighted by Gasteiger charge is 2.12. The smallest absolute Gasteiger partial charge is 0.0658 e. The summed E-state index contributed by atoms with van der Waals surface area (Å²) in [6.45, 7) is 0.604. The summed E-state index contributed by atoms with van der Waals surface area (Å²) in [4.78, 5) is 0. The van der Waals surface area contributed by atoms with E-state index in [1.54, 1.807) is 7.11 Å². The molecule has 0 amide bonds. The quantitative estimate of drug-likeness (QED) is 0.914. The first kappa shape index (κ1) is 12.0. The topological polar surface area (TPSA) is 21.3 Å². The van der Waals surface area contributed by atoms with Gasteiger partial charge in [-0.2, -0.15) is 0 Å². The van der Waals surface area contributed by atoms with Crippen LogP contribution in [-0.4, -0.2) is 20.8 Å². The Labute approximate surface area is 97.7 Å². The fourth-order valence-electron chi connectivity index (χ4n) is 1.28. The van der Waals surface area contributed by atoms with E-state index in [4.69, 9.17) is 16.3 Å². The van der Waals surface area contributed by atoms with Gasteiger partial charge in [-0.05, 0) is 30.8 Å². The van der Waals surface area contributed by atoms with E-state index in [2.05, 4.69) is 21.2 Å². The van der Waals surface area contributed by atoms with Crippen molar-refractivity contribution in [1.29, 1.82) is 0 Å². The third-order valence-corrected chi connectivity index (χ3v) is 2.85.